The number of amides is 1. The molecule has 0 fully saturated rings. The summed E-state index contributed by atoms with van der Waals surface area (Å²) in [6.45, 7) is -0.565. The third-order valence-electron chi connectivity index (χ3n) is 3.91. The van der Waals surface area contributed by atoms with Gasteiger partial charge in [-0.05, 0) is 18.2 Å². The fraction of sp³-hybridized carbons (Fsp3) is 0.167. The number of hydrogen-bond acceptors (Lipinski definition) is 6. The number of ether oxygens (including phenoxy) is 1. The van der Waals surface area contributed by atoms with Gasteiger partial charge in [0.2, 0.25) is 0 Å². The molecular formula is C18H16N2O6S. The molecule has 9 heteroatoms. The van der Waals surface area contributed by atoms with Crippen molar-refractivity contribution in [1.82, 2.24) is 0 Å². The molecule has 0 N–H and O–H groups in total. The largest absolute Gasteiger partial charge is 0.619 e. The number of hydrogen-bond donors (Lipinski definition) is 0. The zero-order chi connectivity index (χ0) is 19.4. The smallest absolute Gasteiger partial charge is 0.339 e. The number of carbonyl (C=O) groups is 2. The van der Waals surface area contributed by atoms with E-state index in [4.69, 9.17) is 4.74 Å². The molecule has 140 valence electrons. The van der Waals surface area contributed by atoms with Crippen LogP contribution >= 0.6 is 0 Å². The Morgan fingerprint density at radius 3 is 2.41 bits per heavy atom. The van der Waals surface area contributed by atoms with E-state index in [2.05, 4.69) is 0 Å². The second-order valence-electron chi connectivity index (χ2n) is 5.85. The second-order valence-corrected chi connectivity index (χ2v) is 7.78. The van der Waals surface area contributed by atoms with Gasteiger partial charge >= 0.3 is 5.97 Å². The summed E-state index contributed by atoms with van der Waals surface area (Å²) in [6, 6.07) is 10.4. The first-order valence-corrected chi connectivity index (χ1v) is 9.71. The van der Waals surface area contributed by atoms with Crippen LogP contribution in [-0.4, -0.2) is 38.7 Å². The maximum absolute atomic E-state index is 12.7. The lowest BCUT2D eigenvalue weighted by Gasteiger charge is -2.27. The summed E-state index contributed by atoms with van der Waals surface area (Å²) in [5, 5.41) is 12.1. The molecule has 1 aromatic heterocycles. The predicted octanol–water partition coefficient (Wildman–Crippen LogP) is 0.821. The monoisotopic (exact) mass is 388 g/mol. The van der Waals surface area contributed by atoms with Gasteiger partial charge in [0, 0.05) is 23.2 Å². The minimum absolute atomic E-state index is 0.129. The van der Waals surface area contributed by atoms with Crippen molar-refractivity contribution < 1.29 is 27.5 Å². The number of rotatable bonds is 5. The van der Waals surface area contributed by atoms with Crippen LogP contribution in [0.4, 0.5) is 5.69 Å². The van der Waals surface area contributed by atoms with Crippen molar-refractivity contribution in [3.8, 4) is 0 Å². The Balaban J connectivity index is 1.74. The summed E-state index contributed by atoms with van der Waals surface area (Å²) in [4.78, 5) is 26.0. The molecule has 1 aliphatic rings. The summed E-state index contributed by atoms with van der Waals surface area (Å²) in [5.74, 6) is -1.55. The van der Waals surface area contributed by atoms with Crippen LogP contribution in [0.25, 0.3) is 0 Å². The highest BCUT2D eigenvalue weighted by Gasteiger charge is 2.31. The van der Waals surface area contributed by atoms with E-state index in [1.807, 2.05) is 0 Å². The minimum atomic E-state index is -3.37. The van der Waals surface area contributed by atoms with Crippen LogP contribution in [0.1, 0.15) is 10.4 Å². The molecule has 8 nitrogen and oxygen atoms in total. The first-order chi connectivity index (χ1) is 12.9. The van der Waals surface area contributed by atoms with Crippen LogP contribution in [0, 0.1) is 5.21 Å². The highest BCUT2D eigenvalue weighted by molar-refractivity contribution is 7.94. The Morgan fingerprint density at radius 1 is 1.15 bits per heavy atom. The zero-order valence-electron chi connectivity index (χ0n) is 14.1. The Hall–Kier alpha value is -3.20. The molecule has 0 unspecified atom stereocenters. The number of pyridine rings is 1. The predicted molar refractivity (Wildman–Crippen MR) is 96.3 cm³/mol. The standard InChI is InChI=1S/C18H16N2O6S/c21-17(12-26-18(22)14-6-9-19(23)10-7-14)20(15-4-2-1-3-5-15)16-8-11-27(24,25)13-16/h1-11,16H,12-13H2/t16-/m0/s1. The molecule has 1 aliphatic heterocycles. The van der Waals surface area contributed by atoms with Crippen LogP contribution < -0.4 is 9.63 Å². The van der Waals surface area contributed by atoms with Gasteiger partial charge in [-0.25, -0.2) is 13.2 Å². The minimum Gasteiger partial charge on any atom is -0.619 e. The van der Waals surface area contributed by atoms with Crippen LogP contribution in [-0.2, 0) is 19.4 Å². The van der Waals surface area contributed by atoms with E-state index < -0.39 is 34.4 Å². The van der Waals surface area contributed by atoms with Crippen molar-refractivity contribution in [2.75, 3.05) is 17.3 Å². The fourth-order valence-electron chi connectivity index (χ4n) is 2.66. The highest BCUT2D eigenvalue weighted by Crippen LogP contribution is 2.22. The van der Waals surface area contributed by atoms with Gasteiger partial charge in [-0.15, -0.1) is 0 Å². The van der Waals surface area contributed by atoms with Crippen LogP contribution in [0.2, 0.25) is 0 Å². The molecule has 0 aliphatic carbocycles. The Kier molecular flexibility index (Phi) is 5.22. The summed E-state index contributed by atoms with van der Waals surface area (Å²) in [6.07, 6.45) is 3.72. The van der Waals surface area contributed by atoms with Gasteiger partial charge in [0.15, 0.2) is 28.8 Å². The molecule has 3 rings (SSSR count). The van der Waals surface area contributed by atoms with Gasteiger partial charge in [0.1, 0.15) is 0 Å². The van der Waals surface area contributed by atoms with E-state index in [1.54, 1.807) is 30.3 Å². The van der Waals surface area contributed by atoms with Crippen molar-refractivity contribution in [2.45, 2.75) is 6.04 Å². The Morgan fingerprint density at radius 2 is 1.81 bits per heavy atom. The fourth-order valence-corrected chi connectivity index (χ4v) is 3.93. The summed E-state index contributed by atoms with van der Waals surface area (Å²) in [7, 11) is -3.37. The first kappa shape index (κ1) is 18.6. The normalized spacial score (nSPS) is 17.4. The van der Waals surface area contributed by atoms with E-state index in [1.165, 1.54) is 23.1 Å². The number of carbonyl (C=O) groups excluding carboxylic acids is 2. The number of sulfone groups is 1. The van der Waals surface area contributed by atoms with Crippen LogP contribution in [0.15, 0.2) is 66.3 Å². The molecule has 2 aromatic rings. The maximum Gasteiger partial charge on any atom is 0.339 e. The second kappa shape index (κ2) is 7.58. The molecule has 0 radical (unpaired) electrons. The molecule has 0 saturated carbocycles. The average Bonchev–Trinajstić information content (AvgIpc) is 3.00. The van der Waals surface area contributed by atoms with Crippen molar-refractivity contribution in [3.63, 3.8) is 0 Å². The van der Waals surface area contributed by atoms with Gasteiger partial charge in [-0.1, -0.05) is 18.2 Å². The Bertz CT molecular complexity index is 971. The van der Waals surface area contributed by atoms with Gasteiger partial charge in [0.05, 0.1) is 17.4 Å². The van der Waals surface area contributed by atoms with Gasteiger partial charge in [-0.2, -0.15) is 4.73 Å². The van der Waals surface area contributed by atoms with E-state index >= 15 is 0 Å². The molecule has 2 heterocycles. The molecule has 0 saturated heterocycles. The summed E-state index contributed by atoms with van der Waals surface area (Å²) >= 11 is 0. The highest BCUT2D eigenvalue weighted by atomic mass is 32.2. The Labute approximate surface area is 155 Å². The molecule has 1 amide bonds. The van der Waals surface area contributed by atoms with E-state index in [9.17, 15) is 23.2 Å². The average molecular weight is 388 g/mol. The van der Waals surface area contributed by atoms with Crippen molar-refractivity contribution in [1.29, 1.82) is 0 Å². The van der Waals surface area contributed by atoms with Gasteiger partial charge in [-0.3, -0.25) is 4.79 Å². The topological polar surface area (TPSA) is 108 Å². The molecule has 0 bridgehead atoms. The third kappa shape index (κ3) is 4.50. The van der Waals surface area contributed by atoms with Crippen molar-refractivity contribution in [3.05, 3.63) is 77.1 Å². The van der Waals surface area contributed by atoms with Crippen molar-refractivity contribution >= 4 is 27.4 Å². The van der Waals surface area contributed by atoms with E-state index in [0.29, 0.717) is 10.4 Å². The van der Waals surface area contributed by atoms with E-state index in [-0.39, 0.29) is 11.3 Å². The number of benzene rings is 1. The SMILES string of the molecule is O=C(OCC(=O)N(c1ccccc1)[C@H]1C=CS(=O)(=O)C1)c1cc[n+]([O-])cc1. The first-order valence-electron chi connectivity index (χ1n) is 8.00. The summed E-state index contributed by atoms with van der Waals surface area (Å²) < 4.78 is 29.0. The molecule has 0 spiro atoms. The maximum atomic E-state index is 12.7. The summed E-state index contributed by atoms with van der Waals surface area (Å²) in [5.41, 5.74) is 0.627. The van der Waals surface area contributed by atoms with Gasteiger partial charge in [0.25, 0.3) is 5.91 Å². The van der Waals surface area contributed by atoms with Crippen LogP contribution in [0.5, 0.6) is 0 Å². The third-order valence-corrected chi connectivity index (χ3v) is 5.29. The number of aromatic nitrogens is 1. The van der Waals surface area contributed by atoms with E-state index in [0.717, 1.165) is 17.8 Å². The lowest BCUT2D eigenvalue weighted by molar-refractivity contribution is -0.605. The number of anilines is 1. The van der Waals surface area contributed by atoms with Gasteiger partial charge < -0.3 is 14.8 Å². The number of nitrogens with zero attached hydrogens (tertiary/aromatic N) is 2. The molecular weight excluding hydrogens is 372 g/mol. The lowest BCUT2D eigenvalue weighted by atomic mass is 10.2. The molecule has 27 heavy (non-hydrogen) atoms. The van der Waals surface area contributed by atoms with Crippen molar-refractivity contribution in [2.24, 2.45) is 0 Å². The lowest BCUT2D eigenvalue weighted by Crippen LogP contribution is -2.43. The number of esters is 1. The zero-order valence-corrected chi connectivity index (χ0v) is 14.9. The molecule has 1 aromatic carbocycles. The quantitative estimate of drug-likeness (QED) is 0.426. The van der Waals surface area contributed by atoms with Crippen LogP contribution in [0.3, 0.4) is 0 Å². The number of para-hydroxylation sites is 1. The molecule has 1 atom stereocenters.